The number of carbonyl (C=O) groups excluding carboxylic acids is 1. The Kier molecular flexibility index (Phi) is 8.59. The van der Waals surface area contributed by atoms with Crippen LogP contribution >= 0.6 is 58.2 Å². The van der Waals surface area contributed by atoms with Gasteiger partial charge in [-0.1, -0.05) is 73.0 Å². The highest BCUT2D eigenvalue weighted by molar-refractivity contribution is 14.1. The van der Waals surface area contributed by atoms with E-state index < -0.39 is 0 Å². The molecule has 1 aliphatic carbocycles. The third kappa shape index (κ3) is 5.86. The molecule has 1 amide bonds. The fraction of sp³-hybridized carbons (Fsp3) is 0.360. The molecule has 1 saturated carbocycles. The van der Waals surface area contributed by atoms with Crippen LogP contribution in [-0.4, -0.2) is 27.8 Å². The Labute approximate surface area is 223 Å². The van der Waals surface area contributed by atoms with Gasteiger partial charge in [-0.2, -0.15) is 0 Å². The average Bonchev–Trinajstić information content (AvgIpc) is 3.07. The molecule has 0 aromatic heterocycles. The molecule has 2 aromatic carbocycles. The molecule has 2 fully saturated rings. The van der Waals surface area contributed by atoms with Gasteiger partial charge in [-0.25, -0.2) is 0 Å². The smallest absolute Gasteiger partial charge is 0.266 e. The van der Waals surface area contributed by atoms with Gasteiger partial charge in [-0.15, -0.1) is 0 Å². The van der Waals surface area contributed by atoms with E-state index in [9.17, 15) is 4.79 Å². The van der Waals surface area contributed by atoms with Crippen molar-refractivity contribution < 1.29 is 14.3 Å². The Balaban J connectivity index is 1.57. The van der Waals surface area contributed by atoms with E-state index in [0.717, 1.165) is 40.4 Å². The topological polar surface area (TPSA) is 38.8 Å². The van der Waals surface area contributed by atoms with Crippen molar-refractivity contribution in [1.82, 2.24) is 4.90 Å². The molecule has 1 saturated heterocycles. The fourth-order valence-corrected chi connectivity index (χ4v) is 6.50. The molecule has 4 nitrogen and oxygen atoms in total. The van der Waals surface area contributed by atoms with Crippen LogP contribution in [0.4, 0.5) is 0 Å². The zero-order valence-corrected chi connectivity index (χ0v) is 22.9. The first-order valence-corrected chi connectivity index (χ1v) is 13.8. The van der Waals surface area contributed by atoms with Gasteiger partial charge in [0.15, 0.2) is 11.5 Å². The van der Waals surface area contributed by atoms with Crippen molar-refractivity contribution >= 4 is 74.5 Å². The third-order valence-electron chi connectivity index (χ3n) is 5.72. The van der Waals surface area contributed by atoms with Crippen LogP contribution in [0.1, 0.15) is 50.2 Å². The Bertz CT molecular complexity index is 1090. The monoisotopic (exact) mass is 613 g/mol. The molecule has 0 atom stereocenters. The number of thiocarbonyl (C=S) groups is 1. The molecular weight excluding hydrogens is 589 g/mol. The number of thioether (sulfide) groups is 1. The molecule has 1 aliphatic heterocycles. The fourth-order valence-electron chi connectivity index (χ4n) is 4.12. The zero-order valence-electron chi connectivity index (χ0n) is 18.3. The number of carbonyl (C=O) groups is 1. The van der Waals surface area contributed by atoms with Gasteiger partial charge in [0, 0.05) is 16.6 Å². The van der Waals surface area contributed by atoms with E-state index in [2.05, 4.69) is 22.6 Å². The molecule has 1 heterocycles. The van der Waals surface area contributed by atoms with E-state index in [-0.39, 0.29) is 11.9 Å². The van der Waals surface area contributed by atoms with Gasteiger partial charge in [0.2, 0.25) is 0 Å². The second kappa shape index (κ2) is 11.4. The molecule has 0 bridgehead atoms. The number of hydrogen-bond donors (Lipinski definition) is 0. The quantitative estimate of drug-likeness (QED) is 0.184. The van der Waals surface area contributed by atoms with Gasteiger partial charge in [-0.3, -0.25) is 9.69 Å². The summed E-state index contributed by atoms with van der Waals surface area (Å²) in [5.74, 6) is 1.33. The van der Waals surface area contributed by atoms with Crippen molar-refractivity contribution in [2.75, 3.05) is 6.61 Å². The maximum absolute atomic E-state index is 13.2. The highest BCUT2D eigenvalue weighted by Gasteiger charge is 2.37. The lowest BCUT2D eigenvalue weighted by molar-refractivity contribution is -0.124. The minimum Gasteiger partial charge on any atom is -0.490 e. The Morgan fingerprint density at radius 1 is 1.21 bits per heavy atom. The minimum atomic E-state index is 0.0175. The lowest BCUT2D eigenvalue weighted by Gasteiger charge is -2.29. The van der Waals surface area contributed by atoms with Crippen molar-refractivity contribution in [3.05, 3.63) is 61.0 Å². The second-order valence-corrected chi connectivity index (χ2v) is 11.2. The maximum Gasteiger partial charge on any atom is 0.266 e. The largest absolute Gasteiger partial charge is 0.490 e. The van der Waals surface area contributed by atoms with Crippen molar-refractivity contribution in [3.8, 4) is 11.5 Å². The summed E-state index contributed by atoms with van der Waals surface area (Å²) in [5.41, 5.74) is 1.80. The van der Waals surface area contributed by atoms with E-state index in [4.69, 9.17) is 33.3 Å². The van der Waals surface area contributed by atoms with Crippen LogP contribution < -0.4 is 9.47 Å². The molecule has 8 heteroatoms. The summed E-state index contributed by atoms with van der Waals surface area (Å²) in [5, 5.41) is 0.669. The van der Waals surface area contributed by atoms with Gasteiger partial charge < -0.3 is 9.47 Å². The van der Waals surface area contributed by atoms with Crippen molar-refractivity contribution in [1.29, 1.82) is 0 Å². The molecule has 0 unspecified atom stereocenters. The van der Waals surface area contributed by atoms with Crippen molar-refractivity contribution in [3.63, 3.8) is 0 Å². The molecule has 4 rings (SSSR count). The summed E-state index contributed by atoms with van der Waals surface area (Å²) in [6.45, 7) is 2.79. The molecule has 0 N–H and O–H groups in total. The Hall–Kier alpha value is -1.29. The summed E-state index contributed by atoms with van der Waals surface area (Å²) in [6.07, 6.45) is 7.53. The summed E-state index contributed by atoms with van der Waals surface area (Å²) in [4.78, 5) is 15.6. The average molecular weight is 614 g/mol. The van der Waals surface area contributed by atoms with Crippen LogP contribution in [0.3, 0.4) is 0 Å². The Morgan fingerprint density at radius 2 is 1.97 bits per heavy atom. The first-order chi connectivity index (χ1) is 16.0. The van der Waals surface area contributed by atoms with Crippen LogP contribution in [0, 0.1) is 3.57 Å². The van der Waals surface area contributed by atoms with E-state index in [1.807, 2.05) is 54.3 Å². The molecule has 2 aromatic rings. The molecular formula is C25H25ClINO3S2. The predicted molar refractivity (Wildman–Crippen MR) is 148 cm³/mol. The highest BCUT2D eigenvalue weighted by Crippen LogP contribution is 2.40. The molecule has 0 spiro atoms. The van der Waals surface area contributed by atoms with Gasteiger partial charge >= 0.3 is 0 Å². The number of ether oxygens (including phenoxy) is 2. The minimum absolute atomic E-state index is 0.0175. The molecule has 0 radical (unpaired) electrons. The van der Waals surface area contributed by atoms with Gasteiger partial charge in [0.1, 0.15) is 10.9 Å². The number of amides is 1. The first-order valence-electron chi connectivity index (χ1n) is 11.1. The van der Waals surface area contributed by atoms with Gasteiger partial charge in [0.05, 0.1) is 15.1 Å². The SMILES string of the molecule is CCOc1cc(/C=C2\SC(=S)N(C3CCCCC3)C2=O)cc(I)c1OCc1ccccc1Cl. The Morgan fingerprint density at radius 3 is 2.70 bits per heavy atom. The third-order valence-corrected chi connectivity index (χ3v) is 8.22. The van der Waals surface area contributed by atoms with Gasteiger partial charge in [0.25, 0.3) is 5.91 Å². The number of rotatable bonds is 7. The summed E-state index contributed by atoms with van der Waals surface area (Å²) < 4.78 is 13.6. The lowest BCUT2D eigenvalue weighted by atomic mass is 9.94. The van der Waals surface area contributed by atoms with Gasteiger partial charge in [-0.05, 0) is 72.2 Å². The van der Waals surface area contributed by atoms with E-state index >= 15 is 0 Å². The number of nitrogens with zero attached hydrogens (tertiary/aromatic N) is 1. The number of benzene rings is 2. The summed E-state index contributed by atoms with van der Waals surface area (Å²) >= 11 is 15.5. The maximum atomic E-state index is 13.2. The summed E-state index contributed by atoms with van der Waals surface area (Å²) in [7, 11) is 0. The van der Waals surface area contributed by atoms with Crippen LogP contribution in [0.5, 0.6) is 11.5 Å². The zero-order chi connectivity index (χ0) is 23.4. The normalized spacial score (nSPS) is 18.3. The molecule has 174 valence electrons. The lowest BCUT2D eigenvalue weighted by Crippen LogP contribution is -2.39. The van der Waals surface area contributed by atoms with E-state index in [1.54, 1.807) is 0 Å². The van der Waals surface area contributed by atoms with E-state index in [1.165, 1.54) is 18.2 Å². The van der Waals surface area contributed by atoms with Crippen molar-refractivity contribution in [2.45, 2.75) is 51.7 Å². The second-order valence-electron chi connectivity index (χ2n) is 7.99. The predicted octanol–water partition coefficient (Wildman–Crippen LogP) is 7.46. The number of halogens is 2. The standard InChI is InChI=1S/C25H25ClINO3S2/c1-2-30-21-13-16(12-20(27)23(21)31-15-17-8-6-7-11-19(17)26)14-22-24(29)28(25(32)33-22)18-9-4-3-5-10-18/h6-8,11-14,18H,2-5,9-10,15H2,1H3/b22-14-. The molecule has 2 aliphatic rings. The van der Waals surface area contributed by atoms with Crippen LogP contribution in [0.2, 0.25) is 5.02 Å². The molecule has 33 heavy (non-hydrogen) atoms. The number of hydrogen-bond acceptors (Lipinski definition) is 5. The highest BCUT2D eigenvalue weighted by atomic mass is 127. The van der Waals surface area contributed by atoms with Crippen LogP contribution in [0.25, 0.3) is 6.08 Å². The van der Waals surface area contributed by atoms with Crippen LogP contribution in [-0.2, 0) is 11.4 Å². The van der Waals surface area contributed by atoms with E-state index in [0.29, 0.717) is 39.0 Å². The first kappa shape index (κ1) is 24.8. The summed E-state index contributed by atoms with van der Waals surface area (Å²) in [6, 6.07) is 11.8. The van der Waals surface area contributed by atoms with Crippen molar-refractivity contribution in [2.24, 2.45) is 0 Å². The van der Waals surface area contributed by atoms with Crippen LogP contribution in [0.15, 0.2) is 41.3 Å².